The monoisotopic (exact) mass is 412 g/mol. The van der Waals surface area contributed by atoms with Crippen LogP contribution in [0.25, 0.3) is 10.6 Å². The average molecular weight is 413 g/mol. The second kappa shape index (κ2) is 9.69. The molecule has 7 nitrogen and oxygen atoms in total. The first-order valence-electron chi connectivity index (χ1n) is 9.67. The summed E-state index contributed by atoms with van der Waals surface area (Å²) in [5.74, 6) is 0.604. The second-order valence-corrected chi connectivity index (χ2v) is 7.72. The Balaban J connectivity index is 1.26. The zero-order valence-corrected chi connectivity index (χ0v) is 16.9. The van der Waals surface area contributed by atoms with Gasteiger partial charge in [0.25, 0.3) is 5.91 Å². The van der Waals surface area contributed by atoms with Gasteiger partial charge in [-0.05, 0) is 35.2 Å². The SMILES string of the molecule is O=C(NCc1cccc(OCCN2CCOCC2)c1)c1cc(-c2cccs2)[nH]n1. The van der Waals surface area contributed by atoms with Gasteiger partial charge in [-0.2, -0.15) is 5.10 Å². The number of carbonyl (C=O) groups is 1. The van der Waals surface area contributed by atoms with Gasteiger partial charge in [-0.1, -0.05) is 18.2 Å². The maximum Gasteiger partial charge on any atom is 0.272 e. The molecule has 3 aromatic rings. The summed E-state index contributed by atoms with van der Waals surface area (Å²) >= 11 is 1.60. The van der Waals surface area contributed by atoms with Crippen molar-refractivity contribution >= 4 is 17.2 Å². The van der Waals surface area contributed by atoms with E-state index < -0.39 is 0 Å². The third-order valence-corrected chi connectivity index (χ3v) is 5.63. The van der Waals surface area contributed by atoms with E-state index in [2.05, 4.69) is 20.4 Å². The lowest BCUT2D eigenvalue weighted by Gasteiger charge is -2.26. The molecule has 1 fully saturated rings. The van der Waals surface area contributed by atoms with Crippen molar-refractivity contribution in [2.24, 2.45) is 0 Å². The van der Waals surface area contributed by atoms with Gasteiger partial charge in [-0.3, -0.25) is 14.8 Å². The number of aromatic amines is 1. The smallest absolute Gasteiger partial charge is 0.272 e. The molecule has 0 unspecified atom stereocenters. The molecule has 1 amide bonds. The molecular weight excluding hydrogens is 388 g/mol. The Kier molecular flexibility index (Phi) is 6.56. The number of ether oxygens (including phenoxy) is 2. The lowest BCUT2D eigenvalue weighted by molar-refractivity contribution is 0.0322. The van der Waals surface area contributed by atoms with Crippen LogP contribution in [0.2, 0.25) is 0 Å². The number of amides is 1. The molecule has 0 atom stereocenters. The summed E-state index contributed by atoms with van der Waals surface area (Å²) in [6.45, 7) is 5.43. The number of benzene rings is 1. The second-order valence-electron chi connectivity index (χ2n) is 6.78. The van der Waals surface area contributed by atoms with E-state index >= 15 is 0 Å². The molecule has 152 valence electrons. The van der Waals surface area contributed by atoms with E-state index in [1.807, 2.05) is 41.8 Å². The Morgan fingerprint density at radius 2 is 2.14 bits per heavy atom. The van der Waals surface area contributed by atoms with Crippen LogP contribution < -0.4 is 10.1 Å². The Morgan fingerprint density at radius 1 is 1.24 bits per heavy atom. The minimum absolute atomic E-state index is 0.206. The standard InChI is InChI=1S/C21H24N4O3S/c26-21(19-14-18(23-24-19)20-5-2-12-29-20)22-15-16-3-1-4-17(13-16)28-11-8-25-6-9-27-10-7-25/h1-5,12-14H,6-11,15H2,(H,22,26)(H,23,24). The topological polar surface area (TPSA) is 79.5 Å². The van der Waals surface area contributed by atoms with Crippen molar-refractivity contribution < 1.29 is 14.3 Å². The van der Waals surface area contributed by atoms with E-state index in [9.17, 15) is 4.79 Å². The van der Waals surface area contributed by atoms with Crippen LogP contribution in [0.1, 0.15) is 16.1 Å². The van der Waals surface area contributed by atoms with E-state index in [1.54, 1.807) is 17.4 Å². The maximum absolute atomic E-state index is 12.4. The fourth-order valence-electron chi connectivity index (χ4n) is 3.13. The number of H-pyrrole nitrogens is 1. The van der Waals surface area contributed by atoms with Gasteiger partial charge in [0.15, 0.2) is 5.69 Å². The summed E-state index contributed by atoms with van der Waals surface area (Å²) in [6.07, 6.45) is 0. The van der Waals surface area contributed by atoms with Gasteiger partial charge in [0.2, 0.25) is 0 Å². The molecule has 1 aromatic carbocycles. The fraction of sp³-hybridized carbons (Fsp3) is 0.333. The van der Waals surface area contributed by atoms with Crippen LogP contribution in [0.5, 0.6) is 5.75 Å². The first-order chi connectivity index (χ1) is 14.3. The van der Waals surface area contributed by atoms with E-state index in [-0.39, 0.29) is 5.91 Å². The van der Waals surface area contributed by atoms with E-state index in [0.717, 1.165) is 54.7 Å². The number of hydrogen-bond donors (Lipinski definition) is 2. The maximum atomic E-state index is 12.4. The van der Waals surface area contributed by atoms with Gasteiger partial charge in [-0.15, -0.1) is 11.3 Å². The molecule has 2 aromatic heterocycles. The minimum atomic E-state index is -0.206. The van der Waals surface area contributed by atoms with Gasteiger partial charge in [-0.25, -0.2) is 0 Å². The average Bonchev–Trinajstić information content (AvgIpc) is 3.45. The number of nitrogens with zero attached hydrogens (tertiary/aromatic N) is 2. The highest BCUT2D eigenvalue weighted by atomic mass is 32.1. The van der Waals surface area contributed by atoms with Crippen LogP contribution in [-0.4, -0.2) is 60.5 Å². The van der Waals surface area contributed by atoms with Gasteiger partial charge in [0.1, 0.15) is 12.4 Å². The molecule has 0 bridgehead atoms. The Bertz CT molecular complexity index is 920. The summed E-state index contributed by atoms with van der Waals surface area (Å²) in [7, 11) is 0. The molecule has 29 heavy (non-hydrogen) atoms. The molecule has 3 heterocycles. The normalized spacial score (nSPS) is 14.6. The van der Waals surface area contributed by atoms with Crippen LogP contribution in [0, 0.1) is 0 Å². The lowest BCUT2D eigenvalue weighted by atomic mass is 10.2. The molecule has 2 N–H and O–H groups in total. The van der Waals surface area contributed by atoms with Crippen molar-refractivity contribution in [2.75, 3.05) is 39.5 Å². The van der Waals surface area contributed by atoms with Crippen molar-refractivity contribution in [1.82, 2.24) is 20.4 Å². The fourth-order valence-corrected chi connectivity index (χ4v) is 3.82. The number of hydrogen-bond acceptors (Lipinski definition) is 6. The molecule has 1 aliphatic heterocycles. The number of nitrogens with one attached hydrogen (secondary N) is 2. The zero-order valence-electron chi connectivity index (χ0n) is 16.1. The molecule has 0 saturated carbocycles. The molecule has 4 rings (SSSR count). The largest absolute Gasteiger partial charge is 0.492 e. The van der Waals surface area contributed by atoms with Crippen molar-refractivity contribution in [3.8, 4) is 16.3 Å². The third-order valence-electron chi connectivity index (χ3n) is 4.73. The van der Waals surface area contributed by atoms with Crippen LogP contribution >= 0.6 is 11.3 Å². The third kappa shape index (κ3) is 5.44. The molecule has 1 aliphatic rings. The summed E-state index contributed by atoms with van der Waals surface area (Å²) in [4.78, 5) is 15.8. The van der Waals surface area contributed by atoms with E-state index in [0.29, 0.717) is 18.8 Å². The first-order valence-corrected chi connectivity index (χ1v) is 10.6. The van der Waals surface area contributed by atoms with Crippen molar-refractivity contribution in [3.05, 3.63) is 59.1 Å². The Labute approximate surface area is 173 Å². The van der Waals surface area contributed by atoms with Crippen LogP contribution in [0.15, 0.2) is 47.8 Å². The van der Waals surface area contributed by atoms with Crippen LogP contribution in [-0.2, 0) is 11.3 Å². The zero-order chi connectivity index (χ0) is 19.9. The molecule has 1 saturated heterocycles. The lowest BCUT2D eigenvalue weighted by Crippen LogP contribution is -2.38. The highest BCUT2D eigenvalue weighted by Gasteiger charge is 2.12. The highest BCUT2D eigenvalue weighted by molar-refractivity contribution is 7.13. The predicted octanol–water partition coefficient (Wildman–Crippen LogP) is 2.78. The van der Waals surface area contributed by atoms with Crippen molar-refractivity contribution in [3.63, 3.8) is 0 Å². The number of aromatic nitrogens is 2. The molecule has 0 spiro atoms. The molecule has 8 heteroatoms. The summed E-state index contributed by atoms with van der Waals surface area (Å²) in [5.41, 5.74) is 2.21. The summed E-state index contributed by atoms with van der Waals surface area (Å²) in [5, 5.41) is 11.9. The predicted molar refractivity (Wildman–Crippen MR) is 112 cm³/mol. The van der Waals surface area contributed by atoms with Gasteiger partial charge < -0.3 is 14.8 Å². The number of morpholine rings is 1. The van der Waals surface area contributed by atoms with Gasteiger partial charge in [0.05, 0.1) is 23.8 Å². The molecular formula is C21H24N4O3S. The van der Waals surface area contributed by atoms with Crippen LogP contribution in [0.4, 0.5) is 0 Å². The minimum Gasteiger partial charge on any atom is -0.492 e. The van der Waals surface area contributed by atoms with Gasteiger partial charge in [0, 0.05) is 26.2 Å². The number of rotatable bonds is 8. The van der Waals surface area contributed by atoms with Crippen molar-refractivity contribution in [1.29, 1.82) is 0 Å². The summed E-state index contributed by atoms with van der Waals surface area (Å²) in [6, 6.07) is 13.5. The quantitative estimate of drug-likeness (QED) is 0.595. The number of carbonyl (C=O) groups excluding carboxylic acids is 1. The van der Waals surface area contributed by atoms with Crippen molar-refractivity contribution in [2.45, 2.75) is 6.54 Å². The number of thiophene rings is 1. The first kappa shape index (κ1) is 19.6. The Hall–Kier alpha value is -2.68. The van der Waals surface area contributed by atoms with E-state index in [4.69, 9.17) is 9.47 Å². The van der Waals surface area contributed by atoms with Gasteiger partial charge >= 0.3 is 0 Å². The molecule has 0 radical (unpaired) electrons. The van der Waals surface area contributed by atoms with E-state index in [1.165, 1.54) is 0 Å². The molecule has 0 aliphatic carbocycles. The summed E-state index contributed by atoms with van der Waals surface area (Å²) < 4.78 is 11.2. The highest BCUT2D eigenvalue weighted by Crippen LogP contribution is 2.23. The Morgan fingerprint density at radius 3 is 2.97 bits per heavy atom. The van der Waals surface area contributed by atoms with Crippen LogP contribution in [0.3, 0.4) is 0 Å².